The molecule has 7 aromatic carbocycles. The van der Waals surface area contributed by atoms with E-state index in [1.807, 2.05) is 36.4 Å². The summed E-state index contributed by atoms with van der Waals surface area (Å²) in [4.78, 5) is 10.5. The minimum atomic E-state index is 0.625. The number of hydrogen-bond donors (Lipinski definition) is 0. The maximum absolute atomic E-state index is 6.38. The number of fused-ring (bicyclic) bond motifs is 12. The summed E-state index contributed by atoms with van der Waals surface area (Å²) in [6.45, 7) is 0. The largest absolute Gasteiger partial charge is 0.452 e. The van der Waals surface area contributed by atoms with Crippen LogP contribution in [0.2, 0.25) is 0 Å². The van der Waals surface area contributed by atoms with E-state index in [2.05, 4.69) is 108 Å². The molecule has 0 fully saturated rings. The number of hydrogen-bond acceptors (Lipinski definition) is 3. The first-order chi connectivity index (χ1) is 21.8. The third-order valence-electron chi connectivity index (χ3n) is 8.99. The molecule has 3 aromatic heterocycles. The molecule has 10 rings (SSSR count). The fourth-order valence-electron chi connectivity index (χ4n) is 7.07. The summed E-state index contributed by atoms with van der Waals surface area (Å²) in [6.07, 6.45) is 0. The van der Waals surface area contributed by atoms with Gasteiger partial charge in [-0.3, -0.25) is 4.57 Å². The lowest BCUT2D eigenvalue weighted by atomic mass is 9.94. The van der Waals surface area contributed by atoms with Crippen LogP contribution in [-0.4, -0.2) is 14.5 Å². The molecule has 3 heterocycles. The van der Waals surface area contributed by atoms with E-state index >= 15 is 0 Å². The van der Waals surface area contributed by atoms with E-state index in [9.17, 15) is 0 Å². The number of nitrogens with zero attached hydrogens (tertiary/aromatic N) is 3. The smallest absolute Gasteiger partial charge is 0.236 e. The first-order valence-electron chi connectivity index (χ1n) is 14.8. The van der Waals surface area contributed by atoms with Gasteiger partial charge in [-0.15, -0.1) is 0 Å². The van der Waals surface area contributed by atoms with Gasteiger partial charge < -0.3 is 4.42 Å². The highest BCUT2D eigenvalue weighted by Gasteiger charge is 2.22. The number of rotatable bonds is 2. The molecule has 4 nitrogen and oxygen atoms in total. The van der Waals surface area contributed by atoms with Crippen molar-refractivity contribution < 1.29 is 4.42 Å². The van der Waals surface area contributed by atoms with Crippen LogP contribution < -0.4 is 0 Å². The Kier molecular flexibility index (Phi) is 4.69. The van der Waals surface area contributed by atoms with Gasteiger partial charge >= 0.3 is 0 Å². The van der Waals surface area contributed by atoms with Crippen molar-refractivity contribution in [3.63, 3.8) is 0 Å². The summed E-state index contributed by atoms with van der Waals surface area (Å²) < 4.78 is 8.60. The van der Waals surface area contributed by atoms with Gasteiger partial charge in [0.1, 0.15) is 16.8 Å². The lowest BCUT2D eigenvalue weighted by molar-refractivity contribution is 0.666. The van der Waals surface area contributed by atoms with Crippen LogP contribution in [0.5, 0.6) is 0 Å². The van der Waals surface area contributed by atoms with E-state index in [-0.39, 0.29) is 0 Å². The third-order valence-corrected chi connectivity index (χ3v) is 8.99. The SMILES string of the molecule is c1ccc(-c2nc(-n3c4ccccc4c4c5ccc6ccc7ccccc7c6c5ccc43)nc3c2oc2ccccc23)cc1. The zero-order valence-corrected chi connectivity index (χ0v) is 23.5. The molecule has 0 saturated heterocycles. The van der Waals surface area contributed by atoms with E-state index in [0.717, 1.165) is 38.8 Å². The van der Waals surface area contributed by atoms with Gasteiger partial charge in [0, 0.05) is 21.7 Å². The first kappa shape index (κ1) is 23.6. The highest BCUT2D eigenvalue weighted by Crippen LogP contribution is 2.41. The molecule has 204 valence electrons. The fourth-order valence-corrected chi connectivity index (χ4v) is 7.07. The summed E-state index contributed by atoms with van der Waals surface area (Å²) in [5, 5.41) is 10.9. The maximum Gasteiger partial charge on any atom is 0.236 e. The average molecular weight is 562 g/mol. The molecule has 0 bridgehead atoms. The van der Waals surface area contributed by atoms with E-state index in [0.29, 0.717) is 11.5 Å². The van der Waals surface area contributed by atoms with Crippen LogP contribution in [0, 0.1) is 0 Å². The lowest BCUT2D eigenvalue weighted by Gasteiger charge is -2.11. The van der Waals surface area contributed by atoms with Crippen LogP contribution in [0.1, 0.15) is 0 Å². The van der Waals surface area contributed by atoms with Gasteiger partial charge in [-0.2, -0.15) is 0 Å². The molecular weight excluding hydrogens is 538 g/mol. The molecule has 0 saturated carbocycles. The molecule has 44 heavy (non-hydrogen) atoms. The Hall–Kier alpha value is -6.00. The molecule has 0 radical (unpaired) electrons. The van der Waals surface area contributed by atoms with Crippen LogP contribution in [0.25, 0.3) is 93.4 Å². The third kappa shape index (κ3) is 3.17. The zero-order chi connectivity index (χ0) is 28.8. The van der Waals surface area contributed by atoms with Crippen molar-refractivity contribution in [3.8, 4) is 17.2 Å². The molecule has 0 amide bonds. The van der Waals surface area contributed by atoms with Gasteiger partial charge in [0.25, 0.3) is 0 Å². The van der Waals surface area contributed by atoms with Crippen LogP contribution in [0.4, 0.5) is 0 Å². The molecule has 0 aliphatic carbocycles. The zero-order valence-electron chi connectivity index (χ0n) is 23.5. The van der Waals surface area contributed by atoms with E-state index in [4.69, 9.17) is 14.4 Å². The number of furan rings is 1. The summed E-state index contributed by atoms with van der Waals surface area (Å²) in [7, 11) is 0. The van der Waals surface area contributed by atoms with Crippen molar-refractivity contribution in [2.75, 3.05) is 0 Å². The standard InChI is InChI=1S/C40H23N3O/c1-2-11-26(12-3-1)37-39-38(31-15-7-9-17-34(31)44-39)42-40(41-37)43-32-16-8-6-14-30(32)36-29-21-20-25-19-18-24-10-4-5-13-27(24)35(25)28(29)22-23-33(36)43/h1-23H. The van der Waals surface area contributed by atoms with Crippen LogP contribution in [0.3, 0.4) is 0 Å². The number of aromatic nitrogens is 3. The summed E-state index contributed by atoms with van der Waals surface area (Å²) >= 11 is 0. The number of benzene rings is 7. The monoisotopic (exact) mass is 561 g/mol. The van der Waals surface area contributed by atoms with Crippen LogP contribution in [-0.2, 0) is 0 Å². The Morgan fingerprint density at radius 1 is 0.455 bits per heavy atom. The lowest BCUT2D eigenvalue weighted by Crippen LogP contribution is -2.02. The van der Waals surface area contributed by atoms with E-state index < -0.39 is 0 Å². The van der Waals surface area contributed by atoms with Crippen molar-refractivity contribution in [1.29, 1.82) is 0 Å². The van der Waals surface area contributed by atoms with Crippen molar-refractivity contribution in [2.24, 2.45) is 0 Å². The van der Waals surface area contributed by atoms with Crippen LogP contribution in [0.15, 0.2) is 144 Å². The van der Waals surface area contributed by atoms with Gasteiger partial charge in [0.15, 0.2) is 5.58 Å². The minimum absolute atomic E-state index is 0.625. The fraction of sp³-hybridized carbons (Fsp3) is 0. The Morgan fingerprint density at radius 2 is 1.14 bits per heavy atom. The quantitative estimate of drug-likeness (QED) is 0.197. The van der Waals surface area contributed by atoms with Crippen molar-refractivity contribution in [3.05, 3.63) is 140 Å². The molecule has 0 atom stereocenters. The molecule has 0 unspecified atom stereocenters. The average Bonchev–Trinajstić information content (AvgIpc) is 3.64. The summed E-state index contributed by atoms with van der Waals surface area (Å²) in [6, 6.07) is 49.0. The molecule has 4 heteroatoms. The Balaban J connectivity index is 1.36. The summed E-state index contributed by atoms with van der Waals surface area (Å²) in [5.41, 5.74) is 6.23. The van der Waals surface area contributed by atoms with Crippen molar-refractivity contribution in [2.45, 2.75) is 0 Å². The van der Waals surface area contributed by atoms with E-state index in [1.54, 1.807) is 0 Å². The Morgan fingerprint density at radius 3 is 2.05 bits per heavy atom. The van der Waals surface area contributed by atoms with E-state index in [1.165, 1.54) is 43.1 Å². The second-order valence-electron chi connectivity index (χ2n) is 11.4. The maximum atomic E-state index is 6.38. The second kappa shape index (κ2) is 8.76. The summed E-state index contributed by atoms with van der Waals surface area (Å²) in [5.74, 6) is 0.625. The van der Waals surface area contributed by atoms with Gasteiger partial charge in [-0.1, -0.05) is 115 Å². The number of para-hydroxylation sites is 2. The van der Waals surface area contributed by atoms with Crippen molar-refractivity contribution in [1.82, 2.24) is 14.5 Å². The minimum Gasteiger partial charge on any atom is -0.452 e. The predicted octanol–water partition coefficient (Wildman–Crippen LogP) is 10.6. The molecule has 0 N–H and O–H groups in total. The molecule has 0 spiro atoms. The predicted molar refractivity (Wildman–Crippen MR) is 182 cm³/mol. The highest BCUT2D eigenvalue weighted by molar-refractivity contribution is 6.29. The molecule has 0 aliphatic rings. The van der Waals surface area contributed by atoms with Gasteiger partial charge in [0.2, 0.25) is 5.95 Å². The van der Waals surface area contributed by atoms with Crippen molar-refractivity contribution >= 4 is 76.2 Å². The molecular formula is C40H23N3O. The molecule has 10 aromatic rings. The topological polar surface area (TPSA) is 43.9 Å². The highest BCUT2D eigenvalue weighted by atomic mass is 16.3. The van der Waals surface area contributed by atoms with Gasteiger partial charge in [-0.05, 0) is 56.6 Å². The molecule has 0 aliphatic heterocycles. The van der Waals surface area contributed by atoms with Gasteiger partial charge in [0.05, 0.1) is 11.0 Å². The Bertz CT molecular complexity index is 2770. The van der Waals surface area contributed by atoms with Gasteiger partial charge in [-0.25, -0.2) is 9.97 Å². The first-order valence-corrected chi connectivity index (χ1v) is 14.8. The Labute approximate surface area is 251 Å². The van der Waals surface area contributed by atoms with Crippen LogP contribution >= 0.6 is 0 Å². The second-order valence-corrected chi connectivity index (χ2v) is 11.4. The normalized spacial score (nSPS) is 12.1.